The first-order valence-electron chi connectivity index (χ1n) is 11.5. The lowest BCUT2D eigenvalue weighted by molar-refractivity contribution is 0.268. The Morgan fingerprint density at radius 3 is 1.97 bits per heavy atom. The van der Waals surface area contributed by atoms with Crippen LogP contribution in [0.25, 0.3) is 0 Å². The molecule has 0 N–H and O–H groups in total. The lowest BCUT2D eigenvalue weighted by atomic mass is 10.1. The first-order chi connectivity index (χ1) is 15.6. The predicted molar refractivity (Wildman–Crippen MR) is 131 cm³/mol. The van der Waals surface area contributed by atoms with Gasteiger partial charge in [-0.05, 0) is 75.1 Å². The lowest BCUT2D eigenvalue weighted by Crippen LogP contribution is -2.48. The van der Waals surface area contributed by atoms with Crippen LogP contribution in [-0.4, -0.2) is 64.2 Å². The number of hydrogen-bond acceptors (Lipinski definition) is 5. The summed E-state index contributed by atoms with van der Waals surface area (Å²) in [5.74, 6) is 0. The minimum absolute atomic E-state index is 0.0412. The maximum Gasteiger partial charge on any atom is 0.243 e. The van der Waals surface area contributed by atoms with Crippen LogP contribution in [0.2, 0.25) is 0 Å². The van der Waals surface area contributed by atoms with E-state index in [-0.39, 0.29) is 15.8 Å². The van der Waals surface area contributed by atoms with Crippen LogP contribution in [0, 0.1) is 13.8 Å². The summed E-state index contributed by atoms with van der Waals surface area (Å²) in [5.41, 5.74) is 3.50. The third kappa shape index (κ3) is 4.82. The number of rotatable bonds is 5. The molecule has 0 unspecified atom stereocenters. The molecule has 2 saturated heterocycles. The Hall–Kier alpha value is -1.94. The maximum absolute atomic E-state index is 13.2. The Morgan fingerprint density at radius 1 is 0.758 bits per heavy atom. The van der Waals surface area contributed by atoms with Crippen molar-refractivity contribution in [3.8, 4) is 0 Å². The van der Waals surface area contributed by atoms with Crippen molar-refractivity contribution in [2.24, 2.45) is 0 Å². The largest absolute Gasteiger partial charge is 0.369 e. The van der Waals surface area contributed by atoms with Gasteiger partial charge in [0.25, 0.3) is 0 Å². The van der Waals surface area contributed by atoms with E-state index in [9.17, 15) is 16.8 Å². The van der Waals surface area contributed by atoms with Crippen LogP contribution in [0.3, 0.4) is 0 Å². The molecule has 2 fully saturated rings. The van der Waals surface area contributed by atoms with Crippen molar-refractivity contribution in [3.05, 3.63) is 53.6 Å². The number of benzene rings is 2. The van der Waals surface area contributed by atoms with Gasteiger partial charge >= 0.3 is 0 Å². The number of piperazine rings is 1. The van der Waals surface area contributed by atoms with Crippen molar-refractivity contribution in [3.63, 3.8) is 0 Å². The van der Waals surface area contributed by atoms with E-state index < -0.39 is 20.0 Å². The van der Waals surface area contributed by atoms with E-state index in [2.05, 4.69) is 36.9 Å². The van der Waals surface area contributed by atoms with Crippen LogP contribution >= 0.6 is 0 Å². The summed E-state index contributed by atoms with van der Waals surface area (Å²) in [7, 11) is -7.31. The fraction of sp³-hybridized carbons (Fsp3) is 0.500. The zero-order valence-electron chi connectivity index (χ0n) is 19.6. The SMILES string of the molecule is Cc1ccc(C)c(N2CCN(S(=O)(=O)c3ccc(S(=O)(=O)N4CCCC[C@H]4C)cc3)CC2)c1. The number of sulfonamides is 2. The minimum atomic E-state index is -3.69. The third-order valence-corrected chi connectivity index (χ3v) is 10.7. The van der Waals surface area contributed by atoms with Gasteiger partial charge in [-0.2, -0.15) is 8.61 Å². The van der Waals surface area contributed by atoms with E-state index in [1.807, 2.05) is 6.92 Å². The second-order valence-electron chi connectivity index (χ2n) is 9.11. The number of nitrogens with zero attached hydrogens (tertiary/aromatic N) is 3. The van der Waals surface area contributed by atoms with Gasteiger partial charge in [0.1, 0.15) is 0 Å². The van der Waals surface area contributed by atoms with E-state index in [4.69, 9.17) is 0 Å². The summed E-state index contributed by atoms with van der Waals surface area (Å²) in [6.45, 7) is 8.56. The average molecular weight is 492 g/mol. The Balaban J connectivity index is 1.47. The molecule has 180 valence electrons. The van der Waals surface area contributed by atoms with Crippen molar-refractivity contribution in [2.75, 3.05) is 37.6 Å². The number of hydrogen-bond donors (Lipinski definition) is 0. The Morgan fingerprint density at radius 2 is 1.36 bits per heavy atom. The topological polar surface area (TPSA) is 78.0 Å². The van der Waals surface area contributed by atoms with Gasteiger partial charge in [-0.15, -0.1) is 0 Å². The minimum Gasteiger partial charge on any atom is -0.369 e. The second-order valence-corrected chi connectivity index (χ2v) is 12.9. The van der Waals surface area contributed by atoms with E-state index >= 15 is 0 Å². The molecular formula is C24H33N3O4S2. The predicted octanol–water partition coefficient (Wildman–Crippen LogP) is 3.38. The van der Waals surface area contributed by atoms with Gasteiger partial charge in [-0.25, -0.2) is 16.8 Å². The molecular weight excluding hydrogens is 458 g/mol. The highest BCUT2D eigenvalue weighted by atomic mass is 32.2. The molecule has 2 aromatic carbocycles. The molecule has 0 aromatic heterocycles. The van der Waals surface area contributed by atoms with Crippen LogP contribution in [-0.2, 0) is 20.0 Å². The molecule has 1 atom stereocenters. The maximum atomic E-state index is 13.2. The van der Waals surface area contributed by atoms with Gasteiger partial charge < -0.3 is 4.90 Å². The van der Waals surface area contributed by atoms with Crippen LogP contribution in [0.1, 0.15) is 37.3 Å². The molecule has 2 heterocycles. The van der Waals surface area contributed by atoms with Crippen LogP contribution in [0.5, 0.6) is 0 Å². The second kappa shape index (κ2) is 9.37. The van der Waals surface area contributed by atoms with Gasteiger partial charge in [0.05, 0.1) is 9.79 Å². The highest BCUT2D eigenvalue weighted by Gasteiger charge is 2.32. The van der Waals surface area contributed by atoms with Crippen molar-refractivity contribution < 1.29 is 16.8 Å². The molecule has 0 spiro atoms. The molecule has 2 aliphatic heterocycles. The summed E-state index contributed by atoms with van der Waals surface area (Å²) < 4.78 is 55.5. The summed E-state index contributed by atoms with van der Waals surface area (Å²) in [4.78, 5) is 2.51. The van der Waals surface area contributed by atoms with E-state index in [0.29, 0.717) is 32.7 Å². The number of anilines is 1. The molecule has 7 nitrogen and oxygen atoms in total. The van der Waals surface area contributed by atoms with Gasteiger partial charge in [0, 0.05) is 44.5 Å². The molecule has 0 bridgehead atoms. The van der Waals surface area contributed by atoms with E-state index in [1.54, 1.807) is 0 Å². The fourth-order valence-corrected chi connectivity index (χ4v) is 7.85. The van der Waals surface area contributed by atoms with Crippen LogP contribution in [0.15, 0.2) is 52.3 Å². The summed E-state index contributed by atoms with van der Waals surface area (Å²) in [5, 5.41) is 0. The first kappa shape index (κ1) is 24.2. The molecule has 4 rings (SSSR count). The first-order valence-corrected chi connectivity index (χ1v) is 14.4. The third-order valence-electron chi connectivity index (χ3n) is 6.75. The van der Waals surface area contributed by atoms with Crippen LogP contribution in [0.4, 0.5) is 5.69 Å². The molecule has 0 radical (unpaired) electrons. The zero-order valence-corrected chi connectivity index (χ0v) is 21.2. The van der Waals surface area contributed by atoms with Crippen molar-refractivity contribution >= 4 is 25.7 Å². The molecule has 0 saturated carbocycles. The van der Waals surface area contributed by atoms with Gasteiger partial charge in [-0.1, -0.05) is 18.6 Å². The zero-order chi connectivity index (χ0) is 23.8. The van der Waals surface area contributed by atoms with Crippen molar-refractivity contribution in [2.45, 2.75) is 55.9 Å². The Bertz CT molecular complexity index is 1200. The van der Waals surface area contributed by atoms with E-state index in [0.717, 1.165) is 24.9 Å². The number of piperidine rings is 1. The normalized spacial score (nSPS) is 21.3. The molecule has 2 aliphatic rings. The fourth-order valence-electron chi connectivity index (χ4n) is 4.73. The molecule has 2 aromatic rings. The van der Waals surface area contributed by atoms with E-state index in [1.165, 1.54) is 44.0 Å². The smallest absolute Gasteiger partial charge is 0.243 e. The van der Waals surface area contributed by atoms with Gasteiger partial charge in [0.15, 0.2) is 0 Å². The summed E-state index contributed by atoms with van der Waals surface area (Å²) in [6, 6.07) is 12.0. The highest BCUT2D eigenvalue weighted by Crippen LogP contribution is 2.28. The molecule has 9 heteroatoms. The highest BCUT2D eigenvalue weighted by molar-refractivity contribution is 7.89. The van der Waals surface area contributed by atoms with Crippen molar-refractivity contribution in [1.29, 1.82) is 0 Å². The number of aryl methyl sites for hydroxylation is 2. The van der Waals surface area contributed by atoms with Gasteiger partial charge in [0.2, 0.25) is 20.0 Å². The van der Waals surface area contributed by atoms with Crippen molar-refractivity contribution in [1.82, 2.24) is 8.61 Å². The molecule has 0 aliphatic carbocycles. The summed E-state index contributed by atoms with van der Waals surface area (Å²) in [6.07, 6.45) is 2.73. The summed E-state index contributed by atoms with van der Waals surface area (Å²) >= 11 is 0. The Labute approximate surface area is 198 Å². The molecule has 0 amide bonds. The van der Waals surface area contributed by atoms with Crippen LogP contribution < -0.4 is 4.90 Å². The molecule has 33 heavy (non-hydrogen) atoms. The standard InChI is InChI=1S/C24H33N3O4S2/c1-19-7-8-20(2)24(18-19)25-14-16-26(17-15-25)32(28,29)22-9-11-23(12-10-22)33(30,31)27-13-5-4-6-21(27)3/h7-12,18,21H,4-6,13-17H2,1-3H3/t21-/m1/s1. The monoisotopic (exact) mass is 491 g/mol. The quantitative estimate of drug-likeness (QED) is 0.641. The Kier molecular flexibility index (Phi) is 6.87. The lowest BCUT2D eigenvalue weighted by Gasteiger charge is -2.36. The van der Waals surface area contributed by atoms with Gasteiger partial charge in [-0.3, -0.25) is 0 Å². The average Bonchev–Trinajstić information content (AvgIpc) is 2.81.